The molecule has 182 valence electrons. The van der Waals surface area contributed by atoms with Crippen molar-refractivity contribution in [3.05, 3.63) is 77.2 Å². The number of nitriles is 1. The number of hydrogen-bond donors (Lipinski definition) is 3. The van der Waals surface area contributed by atoms with E-state index in [9.17, 15) is 4.79 Å². The van der Waals surface area contributed by atoms with Gasteiger partial charge in [-0.05, 0) is 37.1 Å². The number of ether oxygens (including phenoxy) is 2. The van der Waals surface area contributed by atoms with Gasteiger partial charge >= 0.3 is 0 Å². The summed E-state index contributed by atoms with van der Waals surface area (Å²) in [5, 5.41) is 15.6. The molecule has 2 aromatic carbocycles. The fourth-order valence-electron chi connectivity index (χ4n) is 4.20. The molecule has 4 aromatic rings. The molecular weight excluding hydrogens is 480 g/mol. The van der Waals surface area contributed by atoms with E-state index in [1.165, 1.54) is 6.33 Å². The zero-order valence-corrected chi connectivity index (χ0v) is 20.0. The lowest BCUT2D eigenvalue weighted by atomic mass is 10.0. The molecule has 0 unspecified atom stereocenters. The van der Waals surface area contributed by atoms with Crippen molar-refractivity contribution in [2.75, 3.05) is 18.5 Å². The first-order valence-electron chi connectivity index (χ1n) is 11.5. The molecular formula is C26H23ClN6O3. The maximum absolute atomic E-state index is 13.5. The summed E-state index contributed by atoms with van der Waals surface area (Å²) >= 11 is 6.50. The number of fused-ring (bicyclic) bond motifs is 1. The molecule has 1 saturated heterocycles. The van der Waals surface area contributed by atoms with Gasteiger partial charge in [-0.3, -0.25) is 4.79 Å². The van der Waals surface area contributed by atoms with E-state index >= 15 is 0 Å². The third kappa shape index (κ3) is 5.10. The molecule has 2 atom stereocenters. The van der Waals surface area contributed by atoms with Gasteiger partial charge in [-0.1, -0.05) is 29.8 Å². The highest BCUT2D eigenvalue weighted by Crippen LogP contribution is 2.32. The highest BCUT2D eigenvalue weighted by Gasteiger charge is 2.25. The Balaban J connectivity index is 1.35. The van der Waals surface area contributed by atoms with Gasteiger partial charge < -0.3 is 25.1 Å². The number of carbonyl (C=O) groups is 1. The molecule has 3 N–H and O–H groups in total. The van der Waals surface area contributed by atoms with Gasteiger partial charge in [0.15, 0.2) is 12.0 Å². The predicted molar refractivity (Wildman–Crippen MR) is 135 cm³/mol. The number of rotatable bonds is 8. The molecule has 10 heteroatoms. The molecule has 3 heterocycles. The number of para-hydroxylation sites is 1. The minimum atomic E-state index is -0.252. The van der Waals surface area contributed by atoms with Crippen LogP contribution in [0.25, 0.3) is 11.0 Å². The highest BCUT2D eigenvalue weighted by atomic mass is 35.5. The Bertz CT molecular complexity index is 1410. The van der Waals surface area contributed by atoms with Crippen molar-refractivity contribution >= 4 is 34.2 Å². The van der Waals surface area contributed by atoms with Crippen LogP contribution < -0.4 is 15.4 Å². The van der Waals surface area contributed by atoms with Crippen LogP contribution in [0, 0.1) is 11.5 Å². The molecule has 5 rings (SSSR count). The number of nitrogens with one attached hydrogen (secondary N) is 3. The summed E-state index contributed by atoms with van der Waals surface area (Å²) in [7, 11) is 0. The van der Waals surface area contributed by atoms with Crippen molar-refractivity contribution in [3.8, 4) is 17.7 Å². The van der Waals surface area contributed by atoms with Crippen LogP contribution in [-0.4, -0.2) is 46.0 Å². The van der Waals surface area contributed by atoms with Crippen molar-refractivity contribution in [2.24, 2.45) is 0 Å². The van der Waals surface area contributed by atoms with Gasteiger partial charge in [0.2, 0.25) is 0 Å². The Kier molecular flexibility index (Phi) is 6.98. The molecule has 2 aromatic heterocycles. The molecule has 1 aliphatic rings. The molecule has 0 radical (unpaired) electrons. The summed E-state index contributed by atoms with van der Waals surface area (Å²) in [4.78, 5) is 25.3. The lowest BCUT2D eigenvalue weighted by molar-refractivity contribution is 0.0123. The predicted octanol–water partition coefficient (Wildman–Crippen LogP) is 4.66. The average molecular weight is 503 g/mol. The summed E-state index contributed by atoms with van der Waals surface area (Å²) in [6, 6.07) is 14.4. The zero-order chi connectivity index (χ0) is 24.9. The molecule has 0 aliphatic carbocycles. The maximum Gasteiger partial charge on any atom is 0.196 e. The molecule has 0 saturated carbocycles. The third-order valence-electron chi connectivity index (χ3n) is 6.00. The number of carbonyl (C=O) groups excluding carboxylic acids is 1. The summed E-state index contributed by atoms with van der Waals surface area (Å²) in [5.74, 6) is 1.51. The van der Waals surface area contributed by atoms with Crippen LogP contribution in [0.15, 0.2) is 61.1 Å². The first-order chi connectivity index (χ1) is 17.6. The van der Waals surface area contributed by atoms with Gasteiger partial charge in [0.1, 0.15) is 29.3 Å². The van der Waals surface area contributed by atoms with Crippen LogP contribution in [-0.2, 0) is 4.74 Å². The minimum Gasteiger partial charge on any atom is -0.457 e. The number of H-pyrrole nitrogens is 1. The number of halogens is 1. The second kappa shape index (κ2) is 10.6. The van der Waals surface area contributed by atoms with E-state index in [0.717, 1.165) is 12.8 Å². The maximum atomic E-state index is 13.5. The number of ketones is 1. The van der Waals surface area contributed by atoms with Gasteiger partial charge in [-0.2, -0.15) is 5.26 Å². The topological polar surface area (TPSA) is 125 Å². The number of benzene rings is 2. The van der Waals surface area contributed by atoms with E-state index in [1.807, 2.05) is 36.5 Å². The first-order valence-corrected chi connectivity index (χ1v) is 11.9. The summed E-state index contributed by atoms with van der Waals surface area (Å²) in [5.41, 5.74) is 1.31. The number of aromatic amines is 1. The van der Waals surface area contributed by atoms with Crippen molar-refractivity contribution in [2.45, 2.75) is 25.0 Å². The average Bonchev–Trinajstić information content (AvgIpc) is 3.34. The lowest BCUT2D eigenvalue weighted by Gasteiger charge is -2.29. The van der Waals surface area contributed by atoms with Crippen LogP contribution >= 0.6 is 11.6 Å². The Hall–Kier alpha value is -4.13. The number of anilines is 1. The van der Waals surface area contributed by atoms with E-state index in [1.54, 1.807) is 24.4 Å². The van der Waals surface area contributed by atoms with Gasteiger partial charge in [-0.25, -0.2) is 9.97 Å². The summed E-state index contributed by atoms with van der Waals surface area (Å²) in [6.45, 7) is 0.957. The van der Waals surface area contributed by atoms with Gasteiger partial charge in [0.25, 0.3) is 0 Å². The van der Waals surface area contributed by atoms with E-state index in [-0.39, 0.29) is 23.0 Å². The SMILES string of the molecule is N#CNC[C@@H]1CC[C@@H](Nc2ncnc3[nH]cc(C(=O)c4ccc(Oc5ccccc5)cc4Cl)c23)CO1. The smallest absolute Gasteiger partial charge is 0.196 e. The minimum absolute atomic E-state index is 0.00602. The normalized spacial score (nSPS) is 17.3. The number of aromatic nitrogens is 3. The van der Waals surface area contributed by atoms with Crippen molar-refractivity contribution in [3.63, 3.8) is 0 Å². The van der Waals surface area contributed by atoms with E-state index in [0.29, 0.717) is 52.6 Å². The van der Waals surface area contributed by atoms with Crippen LogP contribution in [0.5, 0.6) is 11.5 Å². The number of hydrogen-bond acceptors (Lipinski definition) is 8. The third-order valence-corrected chi connectivity index (χ3v) is 6.31. The zero-order valence-electron chi connectivity index (χ0n) is 19.2. The Morgan fingerprint density at radius 3 is 2.78 bits per heavy atom. The molecule has 0 spiro atoms. The lowest BCUT2D eigenvalue weighted by Crippen LogP contribution is -2.38. The number of nitrogens with zero attached hydrogens (tertiary/aromatic N) is 3. The first kappa shape index (κ1) is 23.6. The Morgan fingerprint density at radius 1 is 1.17 bits per heavy atom. The van der Waals surface area contributed by atoms with Crippen molar-refractivity contribution in [1.29, 1.82) is 5.26 Å². The van der Waals surface area contributed by atoms with Gasteiger partial charge in [-0.15, -0.1) is 0 Å². The van der Waals surface area contributed by atoms with E-state index in [2.05, 4.69) is 25.6 Å². The Morgan fingerprint density at radius 2 is 2.03 bits per heavy atom. The second-order valence-corrected chi connectivity index (χ2v) is 8.81. The molecule has 1 fully saturated rings. The van der Waals surface area contributed by atoms with Crippen LogP contribution in [0.1, 0.15) is 28.8 Å². The summed E-state index contributed by atoms with van der Waals surface area (Å²) in [6.07, 6.45) is 6.62. The standard InChI is InChI=1S/C26H23ClN6O3/c27-22-10-18(36-17-4-2-1-3-5-17)8-9-20(22)24(34)21-12-30-25-23(21)26(32-15-31-25)33-16-6-7-19(35-13-16)11-29-14-28/h1-5,8-10,12,15-16,19,29H,6-7,11,13H2,(H2,30,31,32,33)/t16-,19+/m1/s1. The second-order valence-electron chi connectivity index (χ2n) is 8.40. The molecule has 36 heavy (non-hydrogen) atoms. The van der Waals surface area contributed by atoms with Crippen LogP contribution in [0.4, 0.5) is 5.82 Å². The summed E-state index contributed by atoms with van der Waals surface area (Å²) < 4.78 is 11.7. The quantitative estimate of drug-likeness (QED) is 0.180. The molecule has 1 aliphatic heterocycles. The van der Waals surface area contributed by atoms with E-state index < -0.39 is 0 Å². The monoisotopic (exact) mass is 502 g/mol. The largest absolute Gasteiger partial charge is 0.457 e. The van der Waals surface area contributed by atoms with Gasteiger partial charge in [0, 0.05) is 17.8 Å². The van der Waals surface area contributed by atoms with Gasteiger partial charge in [0.05, 0.1) is 41.3 Å². The van der Waals surface area contributed by atoms with Crippen LogP contribution in [0.2, 0.25) is 5.02 Å². The van der Waals surface area contributed by atoms with E-state index in [4.69, 9.17) is 26.3 Å². The van der Waals surface area contributed by atoms with Crippen molar-refractivity contribution < 1.29 is 14.3 Å². The molecule has 9 nitrogen and oxygen atoms in total. The van der Waals surface area contributed by atoms with Crippen molar-refractivity contribution in [1.82, 2.24) is 20.3 Å². The fraction of sp³-hybridized carbons (Fsp3) is 0.231. The highest BCUT2D eigenvalue weighted by molar-refractivity contribution is 6.35. The fourth-order valence-corrected chi connectivity index (χ4v) is 4.45. The molecule has 0 bridgehead atoms. The molecule has 0 amide bonds. The Labute approximate surface area is 212 Å². The van der Waals surface area contributed by atoms with Crippen LogP contribution in [0.3, 0.4) is 0 Å².